The molecule has 1 rings (SSSR count). The molecule has 0 spiro atoms. The highest BCUT2D eigenvalue weighted by molar-refractivity contribution is 5.95. The number of carbonyl (C=O) groups is 1. The van der Waals surface area contributed by atoms with Gasteiger partial charge < -0.3 is 10.4 Å². The molecule has 108 valence electrons. The Kier molecular flexibility index (Phi) is 5.54. The highest BCUT2D eigenvalue weighted by Crippen LogP contribution is 2.24. The summed E-state index contributed by atoms with van der Waals surface area (Å²) in [6.45, 7) is 6.64. The summed E-state index contributed by atoms with van der Waals surface area (Å²) in [5.41, 5.74) is 1.22. The van der Waals surface area contributed by atoms with Gasteiger partial charge in [-0.15, -0.1) is 0 Å². The van der Waals surface area contributed by atoms with Gasteiger partial charge in [0, 0.05) is 25.2 Å². The molecule has 1 aromatic heterocycles. The van der Waals surface area contributed by atoms with Gasteiger partial charge in [-0.2, -0.15) is 5.10 Å². The van der Waals surface area contributed by atoms with Crippen molar-refractivity contribution in [1.82, 2.24) is 15.1 Å². The number of aliphatic hydroxyl groups is 1. The molecular formula is C14H25N3O2. The zero-order valence-corrected chi connectivity index (χ0v) is 12.4. The van der Waals surface area contributed by atoms with Crippen LogP contribution in [0.1, 0.15) is 49.7 Å². The zero-order chi connectivity index (χ0) is 14.5. The second-order valence-corrected chi connectivity index (χ2v) is 5.06. The van der Waals surface area contributed by atoms with Crippen molar-refractivity contribution < 1.29 is 9.90 Å². The van der Waals surface area contributed by atoms with Crippen molar-refractivity contribution in [3.8, 4) is 0 Å². The average molecular weight is 267 g/mol. The standard InChI is InChI=1S/C14H25N3O2/c1-5-12-11(8-17(4)16-12)13(19)15-9-14(6-2,7-3)10-18/h8,18H,5-7,9-10H2,1-4H3,(H,15,19). The van der Waals surface area contributed by atoms with Crippen LogP contribution in [0, 0.1) is 5.41 Å². The monoisotopic (exact) mass is 267 g/mol. The van der Waals surface area contributed by atoms with E-state index in [0.29, 0.717) is 12.1 Å². The Labute approximate surface area is 115 Å². The molecule has 0 bridgehead atoms. The lowest BCUT2D eigenvalue weighted by Crippen LogP contribution is -2.39. The number of amides is 1. The maximum Gasteiger partial charge on any atom is 0.254 e. The van der Waals surface area contributed by atoms with Crippen LogP contribution in [-0.2, 0) is 13.5 Å². The van der Waals surface area contributed by atoms with Crippen molar-refractivity contribution in [3.05, 3.63) is 17.5 Å². The van der Waals surface area contributed by atoms with Crippen LogP contribution in [0.15, 0.2) is 6.20 Å². The molecule has 0 aliphatic rings. The number of nitrogens with one attached hydrogen (secondary N) is 1. The average Bonchev–Trinajstić information content (AvgIpc) is 2.82. The van der Waals surface area contributed by atoms with Crippen LogP contribution in [-0.4, -0.2) is 33.9 Å². The first-order valence-corrected chi connectivity index (χ1v) is 6.93. The third-order valence-electron chi connectivity index (χ3n) is 3.94. The molecule has 5 nitrogen and oxygen atoms in total. The molecule has 1 amide bonds. The van der Waals surface area contributed by atoms with Gasteiger partial charge in [-0.05, 0) is 19.3 Å². The minimum atomic E-state index is -0.218. The fourth-order valence-electron chi connectivity index (χ4n) is 2.13. The van der Waals surface area contributed by atoms with Crippen LogP contribution in [0.3, 0.4) is 0 Å². The lowest BCUT2D eigenvalue weighted by Gasteiger charge is -2.29. The van der Waals surface area contributed by atoms with Gasteiger partial charge in [0.15, 0.2) is 0 Å². The van der Waals surface area contributed by atoms with E-state index in [9.17, 15) is 9.90 Å². The molecule has 2 N–H and O–H groups in total. The molecule has 5 heteroatoms. The van der Waals surface area contributed by atoms with Crippen molar-refractivity contribution in [2.24, 2.45) is 12.5 Å². The first-order chi connectivity index (χ1) is 9.01. The molecule has 0 aliphatic heterocycles. The Bertz CT molecular complexity index is 414. The van der Waals surface area contributed by atoms with Gasteiger partial charge >= 0.3 is 0 Å². The van der Waals surface area contributed by atoms with E-state index < -0.39 is 0 Å². The van der Waals surface area contributed by atoms with Crippen LogP contribution in [0.5, 0.6) is 0 Å². The summed E-state index contributed by atoms with van der Waals surface area (Å²) in [7, 11) is 1.81. The van der Waals surface area contributed by atoms with Crippen molar-refractivity contribution in [3.63, 3.8) is 0 Å². The minimum Gasteiger partial charge on any atom is -0.396 e. The fraction of sp³-hybridized carbons (Fsp3) is 0.714. The molecule has 1 aromatic rings. The topological polar surface area (TPSA) is 67.2 Å². The van der Waals surface area contributed by atoms with Gasteiger partial charge in [-0.3, -0.25) is 9.48 Å². The highest BCUT2D eigenvalue weighted by Gasteiger charge is 2.26. The van der Waals surface area contributed by atoms with E-state index >= 15 is 0 Å². The van der Waals surface area contributed by atoms with Crippen LogP contribution in [0.25, 0.3) is 0 Å². The highest BCUT2D eigenvalue weighted by atomic mass is 16.3. The van der Waals surface area contributed by atoms with E-state index in [1.54, 1.807) is 10.9 Å². The van der Waals surface area contributed by atoms with Crippen molar-refractivity contribution >= 4 is 5.91 Å². The molecule has 19 heavy (non-hydrogen) atoms. The summed E-state index contributed by atoms with van der Waals surface area (Å²) in [6.07, 6.45) is 4.16. The maximum atomic E-state index is 12.2. The summed E-state index contributed by atoms with van der Waals surface area (Å²) in [4.78, 5) is 12.2. The summed E-state index contributed by atoms with van der Waals surface area (Å²) >= 11 is 0. The molecular weight excluding hydrogens is 242 g/mol. The second kappa shape index (κ2) is 6.70. The van der Waals surface area contributed by atoms with E-state index in [0.717, 1.165) is 25.0 Å². The first kappa shape index (κ1) is 15.7. The smallest absolute Gasteiger partial charge is 0.254 e. The lowest BCUT2D eigenvalue weighted by atomic mass is 9.83. The Morgan fingerprint density at radius 3 is 2.53 bits per heavy atom. The van der Waals surface area contributed by atoms with E-state index in [-0.39, 0.29) is 17.9 Å². The first-order valence-electron chi connectivity index (χ1n) is 6.93. The van der Waals surface area contributed by atoms with Crippen molar-refractivity contribution in [2.45, 2.75) is 40.0 Å². The number of aryl methyl sites for hydroxylation is 2. The van der Waals surface area contributed by atoms with Crippen LogP contribution in [0.2, 0.25) is 0 Å². The molecule has 0 fully saturated rings. The summed E-state index contributed by atoms with van der Waals surface area (Å²) in [6, 6.07) is 0. The third-order valence-corrected chi connectivity index (χ3v) is 3.94. The number of hydrogen-bond acceptors (Lipinski definition) is 3. The SMILES string of the molecule is CCc1nn(C)cc1C(=O)NCC(CC)(CC)CO. The van der Waals surface area contributed by atoms with Gasteiger partial charge in [0.05, 0.1) is 17.9 Å². The summed E-state index contributed by atoms with van der Waals surface area (Å²) in [5.74, 6) is -0.107. The van der Waals surface area contributed by atoms with Crippen LogP contribution in [0.4, 0.5) is 0 Å². The van der Waals surface area contributed by atoms with Crippen LogP contribution >= 0.6 is 0 Å². The van der Waals surface area contributed by atoms with Crippen molar-refractivity contribution in [1.29, 1.82) is 0 Å². The van der Waals surface area contributed by atoms with E-state index in [1.807, 2.05) is 27.8 Å². The predicted octanol–water partition coefficient (Wildman–Crippen LogP) is 1.51. The molecule has 0 aliphatic carbocycles. The number of rotatable bonds is 7. The van der Waals surface area contributed by atoms with E-state index in [1.165, 1.54) is 0 Å². The number of nitrogens with zero attached hydrogens (tertiary/aromatic N) is 2. The zero-order valence-electron chi connectivity index (χ0n) is 12.4. The van der Waals surface area contributed by atoms with Gasteiger partial charge in [-0.25, -0.2) is 0 Å². The number of aromatic nitrogens is 2. The number of aliphatic hydroxyl groups excluding tert-OH is 1. The fourth-order valence-corrected chi connectivity index (χ4v) is 2.13. The number of carbonyl (C=O) groups excluding carboxylic acids is 1. The summed E-state index contributed by atoms with van der Waals surface area (Å²) < 4.78 is 1.66. The van der Waals surface area contributed by atoms with Gasteiger partial charge in [0.2, 0.25) is 0 Å². The van der Waals surface area contributed by atoms with E-state index in [4.69, 9.17) is 0 Å². The Balaban J connectivity index is 2.74. The molecule has 0 unspecified atom stereocenters. The molecule has 0 atom stereocenters. The van der Waals surface area contributed by atoms with Gasteiger partial charge in [-0.1, -0.05) is 20.8 Å². The molecule has 0 saturated carbocycles. The molecule has 0 aromatic carbocycles. The third kappa shape index (κ3) is 3.56. The van der Waals surface area contributed by atoms with Gasteiger partial charge in [0.25, 0.3) is 5.91 Å². The lowest BCUT2D eigenvalue weighted by molar-refractivity contribution is 0.0850. The van der Waals surface area contributed by atoms with Crippen molar-refractivity contribution in [2.75, 3.05) is 13.2 Å². The largest absolute Gasteiger partial charge is 0.396 e. The summed E-state index contributed by atoms with van der Waals surface area (Å²) in [5, 5.41) is 16.7. The van der Waals surface area contributed by atoms with E-state index in [2.05, 4.69) is 10.4 Å². The van der Waals surface area contributed by atoms with Gasteiger partial charge in [0.1, 0.15) is 0 Å². The Hall–Kier alpha value is -1.36. The Morgan fingerprint density at radius 2 is 2.05 bits per heavy atom. The quantitative estimate of drug-likeness (QED) is 0.787. The van der Waals surface area contributed by atoms with Crippen LogP contribution < -0.4 is 5.32 Å². The second-order valence-electron chi connectivity index (χ2n) is 5.06. The molecule has 0 saturated heterocycles. The Morgan fingerprint density at radius 1 is 1.42 bits per heavy atom. The maximum absolute atomic E-state index is 12.2. The normalized spacial score (nSPS) is 11.6. The minimum absolute atomic E-state index is 0.0912. The number of hydrogen-bond donors (Lipinski definition) is 2. The molecule has 1 heterocycles. The molecule has 0 radical (unpaired) electrons. The predicted molar refractivity (Wildman–Crippen MR) is 75.0 cm³/mol.